The number of carbonyl (C=O) groups excluding carboxylic acids is 2. The first-order valence-corrected chi connectivity index (χ1v) is 11.0. The molecule has 2 amide bonds. The molecule has 0 aliphatic carbocycles. The van der Waals surface area contributed by atoms with Gasteiger partial charge in [0.15, 0.2) is 5.84 Å². The summed E-state index contributed by atoms with van der Waals surface area (Å²) in [6.45, 7) is 0.280. The first kappa shape index (κ1) is 22.4. The van der Waals surface area contributed by atoms with E-state index >= 15 is 0 Å². The molecule has 3 aromatic carbocycles. The molecule has 4 rings (SSSR count). The van der Waals surface area contributed by atoms with Crippen molar-refractivity contribution in [3.8, 4) is 5.75 Å². The van der Waals surface area contributed by atoms with E-state index in [-0.39, 0.29) is 23.9 Å². The molecule has 0 aromatic heterocycles. The van der Waals surface area contributed by atoms with Crippen LogP contribution in [-0.4, -0.2) is 34.3 Å². The molecule has 0 radical (unpaired) electrons. The van der Waals surface area contributed by atoms with Gasteiger partial charge in [-0.3, -0.25) is 9.59 Å². The maximum atomic E-state index is 13.1. The number of phenolic OH excluding ortho intramolecular Hbond substituents is 1. The van der Waals surface area contributed by atoms with E-state index in [9.17, 15) is 14.7 Å². The van der Waals surface area contributed by atoms with Gasteiger partial charge in [0.2, 0.25) is 5.91 Å². The minimum atomic E-state index is -0.427. The van der Waals surface area contributed by atoms with Crippen LogP contribution in [0.1, 0.15) is 16.7 Å². The fourth-order valence-corrected chi connectivity index (χ4v) is 3.62. The Hall–Kier alpha value is -3.75. The highest BCUT2D eigenvalue weighted by atomic mass is 79.9. The van der Waals surface area contributed by atoms with Crippen molar-refractivity contribution in [2.24, 2.45) is 4.99 Å². The minimum Gasteiger partial charge on any atom is -0.507 e. The van der Waals surface area contributed by atoms with Crippen LogP contribution in [0.2, 0.25) is 0 Å². The highest BCUT2D eigenvalue weighted by Crippen LogP contribution is 2.27. The summed E-state index contributed by atoms with van der Waals surface area (Å²) in [6.07, 6.45) is 1.52. The SMILES string of the molecule is O=C(CNN1C(=O)/C(=C/c2cc(Br)ccc2O)N=C1c1ccccc1)NCc1ccccc1. The number of aromatic hydroxyl groups is 1. The first-order chi connectivity index (χ1) is 16.0. The molecule has 8 heteroatoms. The molecule has 1 aliphatic heterocycles. The molecule has 0 atom stereocenters. The van der Waals surface area contributed by atoms with Crippen LogP contribution < -0.4 is 10.7 Å². The summed E-state index contributed by atoms with van der Waals surface area (Å²) in [7, 11) is 0. The van der Waals surface area contributed by atoms with E-state index in [1.54, 1.807) is 12.1 Å². The molecule has 0 fully saturated rings. The predicted octanol–water partition coefficient (Wildman–Crippen LogP) is 3.61. The Balaban J connectivity index is 1.53. The molecule has 0 saturated heterocycles. The van der Waals surface area contributed by atoms with Crippen molar-refractivity contribution in [2.45, 2.75) is 6.54 Å². The van der Waals surface area contributed by atoms with Gasteiger partial charge in [-0.15, -0.1) is 0 Å². The lowest BCUT2D eigenvalue weighted by Gasteiger charge is -2.19. The number of carbonyl (C=O) groups is 2. The zero-order chi connectivity index (χ0) is 23.2. The van der Waals surface area contributed by atoms with Crippen molar-refractivity contribution in [2.75, 3.05) is 6.54 Å². The Kier molecular flexibility index (Phi) is 6.97. The number of nitrogens with one attached hydrogen (secondary N) is 2. The molecule has 3 N–H and O–H groups in total. The summed E-state index contributed by atoms with van der Waals surface area (Å²) in [5.74, 6) is -0.288. The van der Waals surface area contributed by atoms with Crippen LogP contribution in [0, 0.1) is 0 Å². The van der Waals surface area contributed by atoms with E-state index in [1.165, 1.54) is 17.2 Å². The topological polar surface area (TPSA) is 94.0 Å². The van der Waals surface area contributed by atoms with Crippen molar-refractivity contribution in [1.82, 2.24) is 15.8 Å². The minimum absolute atomic E-state index is 0.0293. The van der Waals surface area contributed by atoms with Crippen LogP contribution in [0.25, 0.3) is 6.08 Å². The lowest BCUT2D eigenvalue weighted by Crippen LogP contribution is -2.48. The van der Waals surface area contributed by atoms with E-state index in [0.717, 1.165) is 10.0 Å². The number of rotatable bonds is 7. The lowest BCUT2D eigenvalue weighted by molar-refractivity contribution is -0.126. The lowest BCUT2D eigenvalue weighted by atomic mass is 10.1. The van der Waals surface area contributed by atoms with Gasteiger partial charge in [0.1, 0.15) is 11.4 Å². The third-order valence-corrected chi connectivity index (χ3v) is 5.40. The summed E-state index contributed by atoms with van der Waals surface area (Å²) in [5.41, 5.74) is 5.17. The van der Waals surface area contributed by atoms with Gasteiger partial charge in [-0.05, 0) is 29.8 Å². The molecule has 0 saturated carbocycles. The number of aliphatic imine (C=N–C) groups is 1. The maximum absolute atomic E-state index is 13.1. The van der Waals surface area contributed by atoms with Gasteiger partial charge in [-0.1, -0.05) is 76.6 Å². The molecule has 0 unspecified atom stereocenters. The molecular formula is C25H21BrN4O3. The van der Waals surface area contributed by atoms with E-state index < -0.39 is 5.91 Å². The number of phenols is 1. The molecule has 7 nitrogen and oxygen atoms in total. The molecule has 166 valence electrons. The average molecular weight is 505 g/mol. The highest BCUT2D eigenvalue weighted by Gasteiger charge is 2.31. The monoisotopic (exact) mass is 504 g/mol. The number of hydrazine groups is 1. The number of hydrogen-bond donors (Lipinski definition) is 3. The van der Waals surface area contributed by atoms with Gasteiger partial charge in [-0.25, -0.2) is 15.4 Å². The predicted molar refractivity (Wildman–Crippen MR) is 130 cm³/mol. The summed E-state index contributed by atoms with van der Waals surface area (Å²) < 4.78 is 0.759. The highest BCUT2D eigenvalue weighted by molar-refractivity contribution is 9.10. The number of hydrogen-bond acceptors (Lipinski definition) is 5. The van der Waals surface area contributed by atoms with Gasteiger partial charge in [0, 0.05) is 22.1 Å². The normalized spacial score (nSPS) is 14.5. The molecule has 3 aromatic rings. The number of amides is 2. The second-order valence-corrected chi connectivity index (χ2v) is 8.19. The second-order valence-electron chi connectivity index (χ2n) is 7.27. The molecular weight excluding hydrogens is 484 g/mol. The van der Waals surface area contributed by atoms with Crippen molar-refractivity contribution in [3.05, 3.63) is 106 Å². The van der Waals surface area contributed by atoms with Crippen molar-refractivity contribution < 1.29 is 14.7 Å². The van der Waals surface area contributed by atoms with Gasteiger partial charge in [0.05, 0.1) is 6.54 Å². The molecule has 0 bridgehead atoms. The van der Waals surface area contributed by atoms with E-state index in [1.807, 2.05) is 60.7 Å². The molecule has 1 heterocycles. The summed E-state index contributed by atoms with van der Waals surface area (Å²) in [6, 6.07) is 23.7. The van der Waals surface area contributed by atoms with Crippen LogP contribution in [0.3, 0.4) is 0 Å². The standard InChI is InChI=1S/C25H21BrN4O3/c26-20-11-12-22(31)19(13-20)14-21-25(33)30(24(29-21)18-9-5-2-6-10-18)28-16-23(32)27-15-17-7-3-1-4-8-17/h1-14,28,31H,15-16H2,(H,27,32)/b21-14-. The van der Waals surface area contributed by atoms with E-state index in [0.29, 0.717) is 23.5 Å². The Bertz CT molecular complexity index is 1230. The van der Waals surface area contributed by atoms with E-state index in [4.69, 9.17) is 0 Å². The zero-order valence-electron chi connectivity index (χ0n) is 17.5. The van der Waals surface area contributed by atoms with Crippen LogP contribution in [0.4, 0.5) is 0 Å². The smallest absolute Gasteiger partial charge is 0.292 e. The molecule has 0 spiro atoms. The largest absolute Gasteiger partial charge is 0.507 e. The Morgan fingerprint density at radius 3 is 2.45 bits per heavy atom. The summed E-state index contributed by atoms with van der Waals surface area (Å²) in [4.78, 5) is 30.0. The van der Waals surface area contributed by atoms with Gasteiger partial charge in [0.25, 0.3) is 5.91 Å². The summed E-state index contributed by atoms with van der Waals surface area (Å²) >= 11 is 3.37. The van der Waals surface area contributed by atoms with Crippen LogP contribution in [-0.2, 0) is 16.1 Å². The number of benzene rings is 3. The van der Waals surface area contributed by atoms with E-state index in [2.05, 4.69) is 31.7 Å². The Morgan fingerprint density at radius 1 is 1.03 bits per heavy atom. The third-order valence-electron chi connectivity index (χ3n) is 4.90. The fraction of sp³-hybridized carbons (Fsp3) is 0.0800. The van der Waals surface area contributed by atoms with Crippen LogP contribution in [0.5, 0.6) is 5.75 Å². The van der Waals surface area contributed by atoms with Crippen LogP contribution in [0.15, 0.2) is 94.0 Å². The number of nitrogens with zero attached hydrogens (tertiary/aromatic N) is 2. The molecule has 1 aliphatic rings. The average Bonchev–Trinajstić information content (AvgIpc) is 3.15. The summed E-state index contributed by atoms with van der Waals surface area (Å²) in [5, 5.41) is 14.2. The molecule has 33 heavy (non-hydrogen) atoms. The van der Waals surface area contributed by atoms with Gasteiger partial charge < -0.3 is 10.4 Å². The second kappa shape index (κ2) is 10.2. The number of amidine groups is 1. The Morgan fingerprint density at radius 2 is 1.73 bits per heavy atom. The maximum Gasteiger partial charge on any atom is 0.292 e. The quantitative estimate of drug-likeness (QED) is 0.428. The Labute approximate surface area is 199 Å². The van der Waals surface area contributed by atoms with Crippen molar-refractivity contribution >= 4 is 39.7 Å². The van der Waals surface area contributed by atoms with Crippen LogP contribution >= 0.6 is 15.9 Å². The fourth-order valence-electron chi connectivity index (χ4n) is 3.24. The third kappa shape index (κ3) is 5.54. The van der Waals surface area contributed by atoms with Gasteiger partial charge >= 0.3 is 0 Å². The van der Waals surface area contributed by atoms with Crippen molar-refractivity contribution in [3.63, 3.8) is 0 Å². The first-order valence-electron chi connectivity index (χ1n) is 10.2. The van der Waals surface area contributed by atoms with Crippen molar-refractivity contribution in [1.29, 1.82) is 0 Å². The zero-order valence-corrected chi connectivity index (χ0v) is 19.1. The van der Waals surface area contributed by atoms with Gasteiger partial charge in [-0.2, -0.15) is 0 Å². The number of halogens is 1.